The molecule has 0 atom stereocenters. The van der Waals surface area contributed by atoms with E-state index in [9.17, 15) is 0 Å². The van der Waals surface area contributed by atoms with Crippen molar-refractivity contribution < 1.29 is 9.47 Å². The van der Waals surface area contributed by atoms with Crippen molar-refractivity contribution >= 4 is 0 Å². The molecule has 0 saturated carbocycles. The number of hydrogen-bond donors (Lipinski definition) is 1. The van der Waals surface area contributed by atoms with Gasteiger partial charge in [-0.2, -0.15) is 0 Å². The molecule has 3 nitrogen and oxygen atoms in total. The lowest BCUT2D eigenvalue weighted by molar-refractivity contribution is -0.000710. The van der Waals surface area contributed by atoms with Crippen molar-refractivity contribution in [1.29, 1.82) is 0 Å². The smallest absolute Gasteiger partial charge is 0.119 e. The highest BCUT2D eigenvalue weighted by atomic mass is 16.5. The van der Waals surface area contributed by atoms with E-state index in [0.29, 0.717) is 0 Å². The van der Waals surface area contributed by atoms with Gasteiger partial charge in [-0.05, 0) is 51.4 Å². The molecule has 0 amide bonds. The summed E-state index contributed by atoms with van der Waals surface area (Å²) in [7, 11) is 1.70. The Morgan fingerprint density at radius 2 is 1.94 bits per heavy atom. The monoisotopic (exact) mass is 251 g/mol. The Balaban J connectivity index is 2.14. The van der Waals surface area contributed by atoms with Gasteiger partial charge in [0.25, 0.3) is 0 Å². The summed E-state index contributed by atoms with van der Waals surface area (Å²) in [6.07, 6.45) is 1.01. The average Bonchev–Trinajstić information content (AvgIpc) is 2.32. The highest BCUT2D eigenvalue weighted by molar-refractivity contribution is 5.28. The minimum absolute atomic E-state index is 0.0471. The number of ether oxygens (including phenoxy) is 2. The van der Waals surface area contributed by atoms with Crippen LogP contribution in [0.25, 0.3) is 0 Å². The molecule has 0 bridgehead atoms. The number of hydrogen-bond acceptors (Lipinski definition) is 3. The van der Waals surface area contributed by atoms with Crippen molar-refractivity contribution in [3.8, 4) is 5.75 Å². The number of nitrogens with one attached hydrogen (secondary N) is 1. The van der Waals surface area contributed by atoms with Gasteiger partial charge in [0.1, 0.15) is 5.75 Å². The molecular weight excluding hydrogens is 226 g/mol. The zero-order valence-corrected chi connectivity index (χ0v) is 12.0. The molecule has 0 aliphatic carbocycles. The highest BCUT2D eigenvalue weighted by Gasteiger charge is 2.08. The standard InChI is InChI=1S/C15H25NO2/c1-15(2,3)18-11-10-16-9-8-13-6-5-7-14(12-13)17-4/h5-7,12,16H,8-11H2,1-4H3. The molecule has 1 N–H and O–H groups in total. The molecule has 3 heteroatoms. The van der Waals surface area contributed by atoms with E-state index in [2.05, 4.69) is 38.2 Å². The molecule has 0 spiro atoms. The Bertz CT molecular complexity index is 345. The van der Waals surface area contributed by atoms with Gasteiger partial charge in [0, 0.05) is 6.54 Å². The Kier molecular flexibility index (Phi) is 6.16. The molecule has 0 aromatic heterocycles. The molecule has 18 heavy (non-hydrogen) atoms. The van der Waals surface area contributed by atoms with Crippen LogP contribution in [0.1, 0.15) is 26.3 Å². The molecule has 1 aromatic rings. The Morgan fingerprint density at radius 3 is 2.61 bits per heavy atom. The fraction of sp³-hybridized carbons (Fsp3) is 0.600. The first-order valence-electron chi connectivity index (χ1n) is 6.49. The van der Waals surface area contributed by atoms with Crippen LogP contribution >= 0.6 is 0 Å². The fourth-order valence-electron chi connectivity index (χ4n) is 1.62. The van der Waals surface area contributed by atoms with Crippen molar-refractivity contribution in [1.82, 2.24) is 5.32 Å². The zero-order valence-electron chi connectivity index (χ0n) is 12.0. The van der Waals surface area contributed by atoms with Crippen LogP contribution in [0.5, 0.6) is 5.75 Å². The van der Waals surface area contributed by atoms with Crippen LogP contribution in [0.2, 0.25) is 0 Å². The summed E-state index contributed by atoms with van der Waals surface area (Å²) in [5, 5.41) is 3.38. The maximum Gasteiger partial charge on any atom is 0.119 e. The molecule has 0 heterocycles. The van der Waals surface area contributed by atoms with E-state index in [1.54, 1.807) is 7.11 Å². The first-order chi connectivity index (χ1) is 8.51. The van der Waals surface area contributed by atoms with Gasteiger partial charge >= 0.3 is 0 Å². The number of rotatable bonds is 7. The third-order valence-electron chi connectivity index (χ3n) is 2.54. The molecule has 0 aliphatic heterocycles. The van der Waals surface area contributed by atoms with Crippen molar-refractivity contribution in [2.75, 3.05) is 26.8 Å². The van der Waals surface area contributed by atoms with Gasteiger partial charge < -0.3 is 14.8 Å². The van der Waals surface area contributed by atoms with Gasteiger partial charge in [-0.25, -0.2) is 0 Å². The van der Waals surface area contributed by atoms with Crippen LogP contribution in [-0.2, 0) is 11.2 Å². The molecule has 1 aromatic carbocycles. The lowest BCUT2D eigenvalue weighted by Crippen LogP contribution is -2.27. The summed E-state index contributed by atoms with van der Waals surface area (Å²) in [5.74, 6) is 0.920. The second kappa shape index (κ2) is 7.39. The van der Waals surface area contributed by atoms with Crippen molar-refractivity contribution in [3.63, 3.8) is 0 Å². The summed E-state index contributed by atoms with van der Waals surface area (Å²) >= 11 is 0. The van der Waals surface area contributed by atoms with E-state index < -0.39 is 0 Å². The quantitative estimate of drug-likeness (QED) is 0.756. The zero-order chi connectivity index (χ0) is 13.4. The molecule has 0 aliphatic rings. The van der Waals surface area contributed by atoms with Crippen LogP contribution in [0.3, 0.4) is 0 Å². The van der Waals surface area contributed by atoms with Gasteiger partial charge in [-0.1, -0.05) is 12.1 Å². The lowest BCUT2D eigenvalue weighted by Gasteiger charge is -2.19. The van der Waals surface area contributed by atoms with Gasteiger partial charge in [0.05, 0.1) is 19.3 Å². The molecule has 102 valence electrons. The first kappa shape index (κ1) is 15.0. The summed E-state index contributed by atoms with van der Waals surface area (Å²) in [4.78, 5) is 0. The maximum atomic E-state index is 5.64. The largest absolute Gasteiger partial charge is 0.497 e. The van der Waals surface area contributed by atoms with E-state index in [0.717, 1.165) is 31.9 Å². The Labute approximate surface area is 110 Å². The van der Waals surface area contributed by atoms with Crippen molar-refractivity contribution in [2.24, 2.45) is 0 Å². The number of methoxy groups -OCH3 is 1. The number of benzene rings is 1. The van der Waals surface area contributed by atoms with Gasteiger partial charge in [-0.3, -0.25) is 0 Å². The average molecular weight is 251 g/mol. The Hall–Kier alpha value is -1.06. The SMILES string of the molecule is COc1cccc(CCNCCOC(C)(C)C)c1. The molecular formula is C15H25NO2. The van der Waals surface area contributed by atoms with Crippen LogP contribution in [0.15, 0.2) is 24.3 Å². The van der Waals surface area contributed by atoms with E-state index >= 15 is 0 Å². The minimum Gasteiger partial charge on any atom is -0.497 e. The predicted octanol–water partition coefficient (Wildman–Crippen LogP) is 2.64. The third kappa shape index (κ3) is 6.62. The van der Waals surface area contributed by atoms with Crippen LogP contribution in [-0.4, -0.2) is 32.4 Å². The van der Waals surface area contributed by atoms with Crippen LogP contribution in [0.4, 0.5) is 0 Å². The molecule has 1 rings (SSSR count). The van der Waals surface area contributed by atoms with Crippen LogP contribution < -0.4 is 10.1 Å². The maximum absolute atomic E-state index is 5.64. The van der Waals surface area contributed by atoms with E-state index in [1.807, 2.05) is 12.1 Å². The van der Waals surface area contributed by atoms with Gasteiger partial charge in [0.15, 0.2) is 0 Å². The predicted molar refractivity (Wildman–Crippen MR) is 75.3 cm³/mol. The summed E-state index contributed by atoms with van der Waals surface area (Å²) < 4.78 is 10.8. The van der Waals surface area contributed by atoms with Crippen LogP contribution in [0, 0.1) is 0 Å². The fourth-order valence-corrected chi connectivity index (χ4v) is 1.62. The third-order valence-corrected chi connectivity index (χ3v) is 2.54. The van der Waals surface area contributed by atoms with Crippen molar-refractivity contribution in [3.05, 3.63) is 29.8 Å². The molecule has 0 saturated heterocycles. The topological polar surface area (TPSA) is 30.5 Å². The van der Waals surface area contributed by atoms with E-state index in [1.165, 1.54) is 5.56 Å². The molecule has 0 unspecified atom stereocenters. The molecule has 0 radical (unpaired) electrons. The van der Waals surface area contributed by atoms with Crippen molar-refractivity contribution in [2.45, 2.75) is 32.8 Å². The molecule has 0 fully saturated rings. The lowest BCUT2D eigenvalue weighted by atomic mass is 10.1. The Morgan fingerprint density at radius 1 is 1.17 bits per heavy atom. The second-order valence-corrected chi connectivity index (χ2v) is 5.31. The van der Waals surface area contributed by atoms with Gasteiger partial charge in [0.2, 0.25) is 0 Å². The normalized spacial score (nSPS) is 11.6. The highest BCUT2D eigenvalue weighted by Crippen LogP contribution is 2.12. The summed E-state index contributed by atoms with van der Waals surface area (Å²) in [6.45, 7) is 8.82. The second-order valence-electron chi connectivity index (χ2n) is 5.31. The first-order valence-corrected chi connectivity index (χ1v) is 6.49. The van der Waals surface area contributed by atoms with Gasteiger partial charge in [-0.15, -0.1) is 0 Å². The summed E-state index contributed by atoms with van der Waals surface area (Å²) in [6, 6.07) is 8.19. The van der Waals surface area contributed by atoms with E-state index in [-0.39, 0.29) is 5.60 Å². The summed E-state index contributed by atoms with van der Waals surface area (Å²) in [5.41, 5.74) is 1.24. The minimum atomic E-state index is -0.0471. The van der Waals surface area contributed by atoms with E-state index in [4.69, 9.17) is 9.47 Å².